The minimum absolute atomic E-state index is 0.214. The van der Waals surface area contributed by atoms with E-state index < -0.39 is 0 Å². The van der Waals surface area contributed by atoms with Gasteiger partial charge in [0.2, 0.25) is 5.91 Å². The normalized spacial score (nSPS) is 10.1. The highest BCUT2D eigenvalue weighted by Gasteiger charge is 2.11. The van der Waals surface area contributed by atoms with Crippen molar-refractivity contribution in [3.8, 4) is 0 Å². The van der Waals surface area contributed by atoms with Crippen LogP contribution in [0.3, 0.4) is 0 Å². The fraction of sp³-hybridized carbons (Fsp3) is 0.200. The first-order valence-corrected chi connectivity index (χ1v) is 6.02. The largest absolute Gasteiger partial charge is 0.345 e. The minimum Gasteiger partial charge on any atom is -0.345 e. The highest BCUT2D eigenvalue weighted by atomic mass is 32.1. The molecule has 2 amide bonds. The number of hydrogen-bond donors (Lipinski definition) is 3. The Kier molecular flexibility index (Phi) is 3.68. The summed E-state index contributed by atoms with van der Waals surface area (Å²) in [7, 11) is 0. The van der Waals surface area contributed by atoms with Crippen molar-refractivity contribution >= 4 is 28.3 Å². The van der Waals surface area contributed by atoms with Crippen LogP contribution in [0, 0.1) is 0 Å². The molecular formula is C10H11N5O2S. The number of carbonyl (C=O) groups is 2. The molecule has 7 nitrogen and oxygen atoms in total. The third-order valence-corrected chi connectivity index (χ3v) is 2.78. The zero-order valence-electron chi connectivity index (χ0n) is 9.56. The summed E-state index contributed by atoms with van der Waals surface area (Å²) in [4.78, 5) is 26.5. The molecule has 0 radical (unpaired) electrons. The quantitative estimate of drug-likeness (QED) is 0.759. The van der Waals surface area contributed by atoms with Gasteiger partial charge in [-0.1, -0.05) is 0 Å². The van der Waals surface area contributed by atoms with E-state index in [0.717, 1.165) is 5.69 Å². The van der Waals surface area contributed by atoms with E-state index in [9.17, 15) is 9.59 Å². The molecule has 0 spiro atoms. The van der Waals surface area contributed by atoms with E-state index in [1.165, 1.54) is 18.3 Å². The maximum Gasteiger partial charge on any atom is 0.271 e. The minimum atomic E-state index is -0.294. The van der Waals surface area contributed by atoms with Gasteiger partial charge in [0, 0.05) is 18.5 Å². The number of H-pyrrole nitrogens is 1. The molecule has 2 aromatic rings. The van der Waals surface area contributed by atoms with Gasteiger partial charge in [0.25, 0.3) is 5.91 Å². The van der Waals surface area contributed by atoms with Crippen LogP contribution >= 0.6 is 11.3 Å². The highest BCUT2D eigenvalue weighted by molar-refractivity contribution is 7.14. The molecule has 94 valence electrons. The van der Waals surface area contributed by atoms with E-state index in [1.54, 1.807) is 17.6 Å². The van der Waals surface area contributed by atoms with Gasteiger partial charge < -0.3 is 10.6 Å². The van der Waals surface area contributed by atoms with Crippen molar-refractivity contribution < 1.29 is 9.59 Å². The number of aromatic nitrogens is 3. The average molecular weight is 265 g/mol. The number of aromatic amines is 1. The molecule has 0 saturated heterocycles. The van der Waals surface area contributed by atoms with Crippen LogP contribution in [0.25, 0.3) is 0 Å². The lowest BCUT2D eigenvalue weighted by Crippen LogP contribution is -2.23. The number of carbonyl (C=O) groups excluding carboxylic acids is 2. The number of hydrogen-bond acceptors (Lipinski definition) is 5. The second kappa shape index (κ2) is 5.41. The molecule has 0 aromatic carbocycles. The van der Waals surface area contributed by atoms with E-state index >= 15 is 0 Å². The number of nitrogens with zero attached hydrogens (tertiary/aromatic N) is 2. The first-order valence-electron chi connectivity index (χ1n) is 5.14. The van der Waals surface area contributed by atoms with Gasteiger partial charge in [-0.2, -0.15) is 5.10 Å². The zero-order valence-corrected chi connectivity index (χ0v) is 10.4. The van der Waals surface area contributed by atoms with Crippen molar-refractivity contribution in [2.75, 3.05) is 5.32 Å². The van der Waals surface area contributed by atoms with Crippen molar-refractivity contribution in [3.05, 3.63) is 29.0 Å². The lowest BCUT2D eigenvalue weighted by molar-refractivity contribution is -0.114. The second-order valence-corrected chi connectivity index (χ2v) is 4.34. The number of amides is 2. The molecule has 2 aromatic heterocycles. The predicted octanol–water partition coefficient (Wildman–Crippen LogP) is 0.755. The molecule has 0 aliphatic rings. The lowest BCUT2D eigenvalue weighted by atomic mass is 10.4. The van der Waals surface area contributed by atoms with Crippen LogP contribution in [0.15, 0.2) is 17.6 Å². The summed E-state index contributed by atoms with van der Waals surface area (Å²) in [5, 5.41) is 13.7. The summed E-state index contributed by atoms with van der Waals surface area (Å²) < 4.78 is 0. The predicted molar refractivity (Wildman–Crippen MR) is 66.2 cm³/mol. The third kappa shape index (κ3) is 3.14. The van der Waals surface area contributed by atoms with Gasteiger partial charge >= 0.3 is 0 Å². The van der Waals surface area contributed by atoms with Gasteiger partial charge in [-0.3, -0.25) is 14.7 Å². The SMILES string of the molecule is CC(=O)Nc1nc(C(=O)NCc2ccn[nH]2)cs1. The summed E-state index contributed by atoms with van der Waals surface area (Å²) in [6.45, 7) is 1.74. The molecule has 0 atom stereocenters. The summed E-state index contributed by atoms with van der Waals surface area (Å²) >= 11 is 1.21. The standard InChI is InChI=1S/C10H11N5O2S/c1-6(16)13-10-14-8(5-18-10)9(17)11-4-7-2-3-12-15-7/h2-3,5H,4H2,1H3,(H,11,17)(H,12,15)(H,13,14,16). The van der Waals surface area contributed by atoms with Crippen LogP contribution in [0.4, 0.5) is 5.13 Å². The Morgan fingerprint density at radius 3 is 3.00 bits per heavy atom. The zero-order chi connectivity index (χ0) is 13.0. The van der Waals surface area contributed by atoms with Gasteiger partial charge in [-0.25, -0.2) is 4.98 Å². The molecule has 2 heterocycles. The highest BCUT2D eigenvalue weighted by Crippen LogP contribution is 2.15. The number of nitrogens with one attached hydrogen (secondary N) is 3. The Bertz CT molecular complexity index is 548. The van der Waals surface area contributed by atoms with Crippen molar-refractivity contribution in [1.29, 1.82) is 0 Å². The maximum atomic E-state index is 11.7. The van der Waals surface area contributed by atoms with E-state index in [-0.39, 0.29) is 17.5 Å². The molecule has 0 bridgehead atoms. The molecule has 0 aliphatic heterocycles. The molecule has 0 unspecified atom stereocenters. The molecule has 0 aliphatic carbocycles. The van der Waals surface area contributed by atoms with Crippen LogP contribution in [0.1, 0.15) is 23.1 Å². The van der Waals surface area contributed by atoms with E-state index in [4.69, 9.17) is 0 Å². The topological polar surface area (TPSA) is 99.8 Å². The molecule has 0 saturated carbocycles. The van der Waals surface area contributed by atoms with Crippen LogP contribution in [-0.4, -0.2) is 27.0 Å². The fourth-order valence-electron chi connectivity index (χ4n) is 1.24. The summed E-state index contributed by atoms with van der Waals surface area (Å²) in [6, 6.07) is 1.77. The molecule has 2 rings (SSSR count). The van der Waals surface area contributed by atoms with Gasteiger partial charge in [0.05, 0.1) is 12.2 Å². The molecule has 0 fully saturated rings. The third-order valence-electron chi connectivity index (χ3n) is 2.02. The monoisotopic (exact) mass is 265 g/mol. The summed E-state index contributed by atoms with van der Waals surface area (Å²) in [5.74, 6) is -0.508. The first-order chi connectivity index (χ1) is 8.65. The Balaban J connectivity index is 1.92. The molecule has 8 heteroatoms. The Hall–Kier alpha value is -2.22. The van der Waals surface area contributed by atoms with Crippen molar-refractivity contribution in [2.24, 2.45) is 0 Å². The Labute approximate surface area is 107 Å². The van der Waals surface area contributed by atoms with Crippen LogP contribution in [-0.2, 0) is 11.3 Å². The summed E-state index contributed by atoms with van der Waals surface area (Å²) in [6.07, 6.45) is 1.61. The Morgan fingerprint density at radius 1 is 1.50 bits per heavy atom. The smallest absolute Gasteiger partial charge is 0.271 e. The van der Waals surface area contributed by atoms with E-state index in [0.29, 0.717) is 11.7 Å². The number of rotatable bonds is 4. The fourth-order valence-corrected chi connectivity index (χ4v) is 1.97. The maximum absolute atomic E-state index is 11.7. The van der Waals surface area contributed by atoms with Crippen LogP contribution in [0.5, 0.6) is 0 Å². The molecule has 3 N–H and O–H groups in total. The second-order valence-electron chi connectivity index (χ2n) is 3.48. The van der Waals surface area contributed by atoms with Gasteiger partial charge in [-0.15, -0.1) is 11.3 Å². The van der Waals surface area contributed by atoms with Crippen molar-refractivity contribution in [3.63, 3.8) is 0 Å². The first kappa shape index (κ1) is 12.2. The average Bonchev–Trinajstić information content (AvgIpc) is 2.95. The number of anilines is 1. The summed E-state index contributed by atoms with van der Waals surface area (Å²) in [5.41, 5.74) is 1.09. The van der Waals surface area contributed by atoms with Crippen molar-refractivity contribution in [1.82, 2.24) is 20.5 Å². The van der Waals surface area contributed by atoms with E-state index in [2.05, 4.69) is 25.8 Å². The van der Waals surface area contributed by atoms with Gasteiger partial charge in [0.15, 0.2) is 5.13 Å². The number of thiazole rings is 1. The van der Waals surface area contributed by atoms with E-state index in [1.807, 2.05) is 0 Å². The van der Waals surface area contributed by atoms with Gasteiger partial charge in [0.1, 0.15) is 5.69 Å². The molecule has 18 heavy (non-hydrogen) atoms. The van der Waals surface area contributed by atoms with Crippen molar-refractivity contribution in [2.45, 2.75) is 13.5 Å². The Morgan fingerprint density at radius 2 is 2.33 bits per heavy atom. The molecular weight excluding hydrogens is 254 g/mol. The lowest BCUT2D eigenvalue weighted by Gasteiger charge is -2.00. The van der Waals surface area contributed by atoms with Gasteiger partial charge in [-0.05, 0) is 6.07 Å². The van der Waals surface area contributed by atoms with Crippen LogP contribution < -0.4 is 10.6 Å². The van der Waals surface area contributed by atoms with Crippen LogP contribution in [0.2, 0.25) is 0 Å².